The molecule has 0 aliphatic heterocycles. The molecule has 0 unspecified atom stereocenters. The monoisotopic (exact) mass is 362 g/mol. The van der Waals surface area contributed by atoms with Gasteiger partial charge < -0.3 is 4.74 Å². The molecule has 0 aliphatic carbocycles. The van der Waals surface area contributed by atoms with Crippen LogP contribution in [0.5, 0.6) is 5.75 Å². The van der Waals surface area contributed by atoms with Crippen LogP contribution < -0.4 is 4.74 Å². The Hall–Kier alpha value is -3.60. The molecule has 0 heterocycles. The van der Waals surface area contributed by atoms with E-state index in [-0.39, 0.29) is 0 Å². The van der Waals surface area contributed by atoms with Crippen LogP contribution in [0.25, 0.3) is 10.8 Å². The zero-order valence-corrected chi connectivity index (χ0v) is 16.1. The highest BCUT2D eigenvalue weighted by Gasteiger charge is 2.06. The summed E-state index contributed by atoms with van der Waals surface area (Å²) in [6, 6.07) is 18.5. The van der Waals surface area contributed by atoms with Crippen LogP contribution in [0.15, 0.2) is 54.6 Å². The van der Waals surface area contributed by atoms with Crippen molar-refractivity contribution >= 4 is 10.8 Å². The molecule has 3 aromatic rings. The number of fused-ring (bicyclic) bond motifs is 1. The number of rotatable bonds is 5. The molecule has 0 fully saturated rings. The molecule has 28 heavy (non-hydrogen) atoms. The highest BCUT2D eigenvalue weighted by atomic mass is 16.5. The summed E-state index contributed by atoms with van der Waals surface area (Å²) in [6.07, 6.45) is 13.9. The van der Waals surface area contributed by atoms with Gasteiger partial charge in [0.2, 0.25) is 0 Å². The van der Waals surface area contributed by atoms with Crippen LogP contribution in [-0.2, 0) is 12.8 Å². The van der Waals surface area contributed by atoms with Crippen LogP contribution in [0, 0.1) is 36.5 Å². The Bertz CT molecular complexity index is 1130. The van der Waals surface area contributed by atoms with Gasteiger partial charge in [0.25, 0.3) is 0 Å². The first-order chi connectivity index (χ1) is 13.8. The van der Waals surface area contributed by atoms with E-state index in [1.807, 2.05) is 30.3 Å². The van der Waals surface area contributed by atoms with Gasteiger partial charge in [-0.15, -0.1) is 24.7 Å². The minimum atomic E-state index is 0.683. The number of terminal acetylenes is 2. The Morgan fingerprint density at radius 1 is 0.821 bits per heavy atom. The molecule has 0 spiro atoms. The molecule has 0 saturated carbocycles. The second kappa shape index (κ2) is 9.37. The number of methoxy groups -OCH3 is 1. The number of hydrogen-bond acceptors (Lipinski definition) is 1. The summed E-state index contributed by atoms with van der Waals surface area (Å²) < 4.78 is 5.38. The lowest BCUT2D eigenvalue weighted by Gasteiger charge is -2.08. The molecule has 3 rings (SSSR count). The van der Waals surface area contributed by atoms with Crippen LogP contribution in [0.3, 0.4) is 0 Å². The molecule has 0 amide bonds. The smallest absolute Gasteiger partial charge is 0.120 e. The van der Waals surface area contributed by atoms with Gasteiger partial charge in [-0.25, -0.2) is 0 Å². The van der Waals surface area contributed by atoms with Crippen LogP contribution in [-0.4, -0.2) is 7.11 Å². The molecule has 1 heteroatoms. The standard InChI is InChI=1S/C27H22O/c1-4-6-10-21-16-18-25(28-3)20-24(21)17-19-27-22(11-7-5-2)14-15-23-12-8-9-13-26(23)27/h1-2,8-9,12-16,18,20H,6-7,10-11H2,3H3. The Balaban J connectivity index is 2.12. The zero-order chi connectivity index (χ0) is 19.8. The fourth-order valence-corrected chi connectivity index (χ4v) is 3.23. The number of hydrogen-bond donors (Lipinski definition) is 0. The van der Waals surface area contributed by atoms with E-state index in [1.165, 1.54) is 10.9 Å². The lowest BCUT2D eigenvalue weighted by Crippen LogP contribution is -1.94. The number of aryl methyl sites for hydroxylation is 2. The Labute approximate surface area is 167 Å². The van der Waals surface area contributed by atoms with E-state index in [1.54, 1.807) is 7.11 Å². The van der Waals surface area contributed by atoms with E-state index in [0.29, 0.717) is 12.8 Å². The summed E-state index contributed by atoms with van der Waals surface area (Å²) in [5.41, 5.74) is 4.30. The van der Waals surface area contributed by atoms with Crippen molar-refractivity contribution in [2.24, 2.45) is 0 Å². The summed E-state index contributed by atoms with van der Waals surface area (Å²) in [4.78, 5) is 0. The summed E-state index contributed by atoms with van der Waals surface area (Å²) in [5.74, 6) is 13.0. The van der Waals surface area contributed by atoms with Crippen molar-refractivity contribution in [3.63, 3.8) is 0 Å². The number of ether oxygens (including phenoxy) is 1. The van der Waals surface area contributed by atoms with Crippen molar-refractivity contribution in [3.8, 4) is 42.3 Å². The normalized spacial score (nSPS) is 9.82. The minimum absolute atomic E-state index is 0.683. The van der Waals surface area contributed by atoms with E-state index < -0.39 is 0 Å². The molecule has 0 radical (unpaired) electrons. The predicted molar refractivity (Wildman–Crippen MR) is 117 cm³/mol. The highest BCUT2D eigenvalue weighted by Crippen LogP contribution is 2.24. The minimum Gasteiger partial charge on any atom is -0.497 e. The highest BCUT2D eigenvalue weighted by molar-refractivity contribution is 5.89. The van der Waals surface area contributed by atoms with Gasteiger partial charge in [0, 0.05) is 24.0 Å². The fraction of sp³-hybridized carbons (Fsp3) is 0.185. The van der Waals surface area contributed by atoms with Crippen molar-refractivity contribution in [3.05, 3.63) is 76.9 Å². The Morgan fingerprint density at radius 2 is 1.54 bits per heavy atom. The van der Waals surface area contributed by atoms with Crippen molar-refractivity contribution in [1.82, 2.24) is 0 Å². The molecular weight excluding hydrogens is 340 g/mol. The van der Waals surface area contributed by atoms with Gasteiger partial charge in [0.05, 0.1) is 7.11 Å². The topological polar surface area (TPSA) is 9.23 Å². The second-order valence-corrected chi connectivity index (χ2v) is 6.50. The van der Waals surface area contributed by atoms with E-state index in [0.717, 1.165) is 40.7 Å². The predicted octanol–water partition coefficient (Wildman–Crippen LogP) is 5.38. The van der Waals surface area contributed by atoms with Crippen LogP contribution in [0.4, 0.5) is 0 Å². The van der Waals surface area contributed by atoms with Crippen LogP contribution in [0.2, 0.25) is 0 Å². The van der Waals surface area contributed by atoms with E-state index in [2.05, 4.69) is 47.9 Å². The third-order valence-electron chi connectivity index (χ3n) is 4.73. The van der Waals surface area contributed by atoms with Crippen LogP contribution >= 0.6 is 0 Å². The average molecular weight is 362 g/mol. The zero-order valence-electron chi connectivity index (χ0n) is 16.1. The SMILES string of the molecule is C#CCCc1ccc(OC)cc1C#Cc1c(CCC#C)ccc2ccccc12. The molecule has 0 bridgehead atoms. The van der Waals surface area contributed by atoms with Gasteiger partial charge in [-0.1, -0.05) is 54.3 Å². The first-order valence-corrected chi connectivity index (χ1v) is 9.33. The summed E-state index contributed by atoms with van der Waals surface area (Å²) >= 11 is 0. The maximum atomic E-state index is 5.49. The lowest BCUT2D eigenvalue weighted by atomic mass is 9.95. The lowest BCUT2D eigenvalue weighted by molar-refractivity contribution is 0.414. The first kappa shape index (κ1) is 19.2. The molecule has 0 saturated heterocycles. The van der Waals surface area contributed by atoms with Crippen molar-refractivity contribution in [2.75, 3.05) is 7.11 Å². The van der Waals surface area contributed by atoms with Crippen molar-refractivity contribution < 1.29 is 4.74 Å². The summed E-state index contributed by atoms with van der Waals surface area (Å²) in [6.45, 7) is 0. The van der Waals surface area contributed by atoms with Crippen molar-refractivity contribution in [2.45, 2.75) is 25.7 Å². The van der Waals surface area contributed by atoms with E-state index in [9.17, 15) is 0 Å². The van der Waals surface area contributed by atoms with E-state index in [4.69, 9.17) is 17.6 Å². The van der Waals surface area contributed by atoms with Gasteiger partial charge in [-0.3, -0.25) is 0 Å². The Morgan fingerprint density at radius 3 is 2.29 bits per heavy atom. The van der Waals surface area contributed by atoms with Crippen LogP contribution in [0.1, 0.15) is 35.1 Å². The third-order valence-corrected chi connectivity index (χ3v) is 4.73. The molecule has 0 atom stereocenters. The molecular formula is C27H22O. The second-order valence-electron chi connectivity index (χ2n) is 6.50. The van der Waals surface area contributed by atoms with Gasteiger partial charge in [-0.05, 0) is 46.9 Å². The molecule has 0 aromatic heterocycles. The third kappa shape index (κ3) is 4.38. The summed E-state index contributed by atoms with van der Waals surface area (Å²) in [7, 11) is 1.66. The van der Waals surface area contributed by atoms with Gasteiger partial charge in [-0.2, -0.15) is 0 Å². The molecule has 1 nitrogen and oxygen atoms in total. The molecule has 136 valence electrons. The van der Waals surface area contributed by atoms with Gasteiger partial charge >= 0.3 is 0 Å². The quantitative estimate of drug-likeness (QED) is 0.554. The van der Waals surface area contributed by atoms with Gasteiger partial charge in [0.1, 0.15) is 5.75 Å². The first-order valence-electron chi connectivity index (χ1n) is 9.33. The molecule has 3 aromatic carbocycles. The average Bonchev–Trinajstić information content (AvgIpc) is 2.75. The Kier molecular flexibility index (Phi) is 6.41. The largest absolute Gasteiger partial charge is 0.497 e. The number of benzene rings is 3. The van der Waals surface area contributed by atoms with Crippen molar-refractivity contribution in [1.29, 1.82) is 0 Å². The summed E-state index contributed by atoms with van der Waals surface area (Å²) in [5, 5.41) is 2.33. The van der Waals surface area contributed by atoms with E-state index >= 15 is 0 Å². The molecule has 0 N–H and O–H groups in total. The maximum Gasteiger partial charge on any atom is 0.120 e. The molecule has 0 aliphatic rings. The fourth-order valence-electron chi connectivity index (χ4n) is 3.23. The maximum absolute atomic E-state index is 5.49. The van der Waals surface area contributed by atoms with Gasteiger partial charge in [0.15, 0.2) is 0 Å².